The van der Waals surface area contributed by atoms with Gasteiger partial charge >= 0.3 is 0 Å². The third-order valence-corrected chi connectivity index (χ3v) is 3.06. The Labute approximate surface area is 105 Å². The summed E-state index contributed by atoms with van der Waals surface area (Å²) in [5.41, 5.74) is 3.84. The van der Waals surface area contributed by atoms with Gasteiger partial charge in [-0.15, -0.1) is 0 Å². The first-order chi connectivity index (χ1) is 8.86. The maximum atomic E-state index is 5.28. The highest BCUT2D eigenvalue weighted by Gasteiger charge is 2.08. The van der Waals surface area contributed by atoms with Crippen LogP contribution in [0, 0.1) is 0 Å². The number of nitrogens with zero attached hydrogens (tertiary/aromatic N) is 5. The molecule has 0 aliphatic rings. The van der Waals surface area contributed by atoms with E-state index in [9.17, 15) is 0 Å². The molecule has 0 aliphatic heterocycles. The van der Waals surface area contributed by atoms with Crippen molar-refractivity contribution in [2.75, 3.05) is 5.43 Å². The van der Waals surface area contributed by atoms with E-state index in [2.05, 4.69) is 35.3 Å². The second-order valence-corrected chi connectivity index (χ2v) is 4.28. The number of hydrazine groups is 1. The Hall–Kier alpha value is -2.26. The average Bonchev–Trinajstić information content (AvgIpc) is 2.88. The fraction of sp³-hybridized carbons (Fsp3) is 0. The molecule has 0 amide bonds. The van der Waals surface area contributed by atoms with Crippen LogP contribution in [0.4, 0.5) is 5.82 Å². The van der Waals surface area contributed by atoms with Crippen LogP contribution >= 0.6 is 11.8 Å². The molecule has 9 heteroatoms. The number of nitrogen functional groups attached to an aromatic ring is 1. The maximum Gasteiger partial charge on any atom is 0.181 e. The third kappa shape index (κ3) is 1.96. The van der Waals surface area contributed by atoms with Gasteiger partial charge in [0, 0.05) is 0 Å². The van der Waals surface area contributed by atoms with Crippen molar-refractivity contribution in [1.29, 1.82) is 0 Å². The van der Waals surface area contributed by atoms with Crippen molar-refractivity contribution in [3.05, 3.63) is 25.0 Å². The molecule has 0 spiro atoms. The molecule has 0 aromatic carbocycles. The van der Waals surface area contributed by atoms with E-state index in [4.69, 9.17) is 5.84 Å². The van der Waals surface area contributed by atoms with E-state index in [0.717, 1.165) is 10.5 Å². The highest BCUT2D eigenvalue weighted by Crippen LogP contribution is 2.28. The van der Waals surface area contributed by atoms with Gasteiger partial charge in [0.2, 0.25) is 0 Å². The summed E-state index contributed by atoms with van der Waals surface area (Å²) in [5, 5.41) is 1.42. The van der Waals surface area contributed by atoms with Crippen molar-refractivity contribution < 1.29 is 0 Å². The first-order valence-electron chi connectivity index (χ1n) is 4.97. The molecule has 0 bridgehead atoms. The van der Waals surface area contributed by atoms with Gasteiger partial charge in [-0.05, 0) is 11.8 Å². The van der Waals surface area contributed by atoms with E-state index in [1.54, 1.807) is 12.5 Å². The largest absolute Gasteiger partial charge is 0.341 e. The van der Waals surface area contributed by atoms with Gasteiger partial charge in [-0.25, -0.2) is 25.8 Å². The van der Waals surface area contributed by atoms with E-state index >= 15 is 0 Å². The number of imidazole rings is 1. The van der Waals surface area contributed by atoms with Crippen LogP contribution in [0.5, 0.6) is 0 Å². The first kappa shape index (κ1) is 10.9. The van der Waals surface area contributed by atoms with Crippen LogP contribution in [0.15, 0.2) is 35.1 Å². The van der Waals surface area contributed by atoms with Crippen LogP contribution in [0.1, 0.15) is 0 Å². The van der Waals surface area contributed by atoms with Crippen LogP contribution < -0.4 is 11.3 Å². The van der Waals surface area contributed by atoms with Crippen LogP contribution in [0.2, 0.25) is 0 Å². The second kappa shape index (κ2) is 4.55. The Morgan fingerprint density at radius 1 is 1.22 bits per heavy atom. The number of fused-ring (bicyclic) bond motifs is 1. The third-order valence-electron chi connectivity index (χ3n) is 2.15. The van der Waals surface area contributed by atoms with E-state index < -0.39 is 0 Å². The first-order valence-corrected chi connectivity index (χ1v) is 5.79. The van der Waals surface area contributed by atoms with E-state index in [-0.39, 0.29) is 0 Å². The summed E-state index contributed by atoms with van der Waals surface area (Å²) in [7, 11) is 0. The molecular formula is C9H8N8S. The topological polar surface area (TPSA) is 118 Å². The zero-order valence-electron chi connectivity index (χ0n) is 9.03. The molecule has 3 aromatic rings. The predicted molar refractivity (Wildman–Crippen MR) is 65.6 cm³/mol. The summed E-state index contributed by atoms with van der Waals surface area (Å²) < 4.78 is 0. The Balaban J connectivity index is 1.98. The highest BCUT2D eigenvalue weighted by molar-refractivity contribution is 7.99. The lowest BCUT2D eigenvalue weighted by Crippen LogP contribution is -2.08. The number of aromatic amines is 1. The molecule has 3 aromatic heterocycles. The van der Waals surface area contributed by atoms with Gasteiger partial charge in [-0.2, -0.15) is 0 Å². The lowest BCUT2D eigenvalue weighted by molar-refractivity contribution is 1.03. The minimum absolute atomic E-state index is 0.495. The Morgan fingerprint density at radius 2 is 2.17 bits per heavy atom. The summed E-state index contributed by atoms with van der Waals surface area (Å²) in [6, 6.07) is 0. The van der Waals surface area contributed by atoms with Gasteiger partial charge in [-0.1, -0.05) is 0 Å². The molecule has 0 radical (unpaired) electrons. The van der Waals surface area contributed by atoms with Crippen LogP contribution in [-0.2, 0) is 0 Å². The van der Waals surface area contributed by atoms with E-state index in [1.807, 2.05) is 0 Å². The molecule has 0 saturated carbocycles. The molecule has 18 heavy (non-hydrogen) atoms. The minimum atomic E-state index is 0.495. The zero-order chi connectivity index (χ0) is 12.4. The second-order valence-electron chi connectivity index (χ2n) is 3.27. The smallest absolute Gasteiger partial charge is 0.181 e. The molecule has 8 nitrogen and oxygen atoms in total. The van der Waals surface area contributed by atoms with Crippen molar-refractivity contribution in [3.8, 4) is 0 Å². The van der Waals surface area contributed by atoms with Crippen LogP contribution in [0.3, 0.4) is 0 Å². The quantitative estimate of drug-likeness (QED) is 0.355. The van der Waals surface area contributed by atoms with Gasteiger partial charge in [0.05, 0.1) is 18.7 Å². The zero-order valence-corrected chi connectivity index (χ0v) is 9.85. The SMILES string of the molecule is NNc1cncc(Sc2ncnc3nc[nH]c23)n1. The molecule has 0 fully saturated rings. The number of nitrogens with one attached hydrogen (secondary N) is 2. The predicted octanol–water partition coefficient (Wildman–Crippen LogP) is 0.580. The standard InChI is InChI=1S/C9H8N8S/c10-17-5-1-11-2-6(16-5)18-9-7-8(13-3-12-7)14-4-15-9/h1-4H,10H2,(H,16,17)(H,12,13,14,15). The Bertz CT molecular complexity index is 681. The molecule has 3 heterocycles. The van der Waals surface area contributed by atoms with E-state index in [1.165, 1.54) is 24.3 Å². The normalized spacial score (nSPS) is 10.7. The summed E-state index contributed by atoms with van der Waals surface area (Å²) in [6.07, 6.45) is 6.21. The van der Waals surface area contributed by atoms with Crippen molar-refractivity contribution in [3.63, 3.8) is 0 Å². The molecular weight excluding hydrogens is 252 g/mol. The molecule has 0 saturated heterocycles. The summed E-state index contributed by atoms with van der Waals surface area (Å²) in [4.78, 5) is 23.6. The molecule has 90 valence electrons. The monoisotopic (exact) mass is 260 g/mol. The summed E-state index contributed by atoms with van der Waals surface area (Å²) in [5.74, 6) is 5.78. The lowest BCUT2D eigenvalue weighted by Gasteiger charge is -2.02. The fourth-order valence-electron chi connectivity index (χ4n) is 1.39. The minimum Gasteiger partial charge on any atom is -0.341 e. The molecule has 4 N–H and O–H groups in total. The molecule has 0 unspecified atom stereocenters. The molecule has 0 atom stereocenters. The number of rotatable bonds is 3. The fourth-order valence-corrected chi connectivity index (χ4v) is 2.19. The van der Waals surface area contributed by atoms with Crippen molar-refractivity contribution in [1.82, 2.24) is 29.9 Å². The molecule has 3 rings (SSSR count). The van der Waals surface area contributed by atoms with Crippen molar-refractivity contribution >= 4 is 28.7 Å². The summed E-state index contributed by atoms with van der Waals surface area (Å²) >= 11 is 1.36. The maximum absolute atomic E-state index is 5.28. The number of hydrogen-bond acceptors (Lipinski definition) is 8. The van der Waals surface area contributed by atoms with Gasteiger partial charge in [-0.3, -0.25) is 4.98 Å². The van der Waals surface area contributed by atoms with E-state index in [0.29, 0.717) is 16.5 Å². The van der Waals surface area contributed by atoms with Crippen molar-refractivity contribution in [2.45, 2.75) is 10.1 Å². The Morgan fingerprint density at radius 3 is 3.06 bits per heavy atom. The van der Waals surface area contributed by atoms with Gasteiger partial charge in [0.15, 0.2) is 11.5 Å². The van der Waals surface area contributed by atoms with Crippen LogP contribution in [0.25, 0.3) is 11.2 Å². The molecule has 0 aliphatic carbocycles. The summed E-state index contributed by atoms with van der Waals surface area (Å²) in [6.45, 7) is 0. The van der Waals surface area contributed by atoms with Gasteiger partial charge in [0.25, 0.3) is 0 Å². The number of hydrogen-bond donors (Lipinski definition) is 3. The number of nitrogens with two attached hydrogens (primary N) is 1. The number of aromatic nitrogens is 6. The Kier molecular flexibility index (Phi) is 2.74. The van der Waals surface area contributed by atoms with Gasteiger partial charge < -0.3 is 10.4 Å². The van der Waals surface area contributed by atoms with Gasteiger partial charge in [0.1, 0.15) is 21.9 Å². The average molecular weight is 260 g/mol. The highest BCUT2D eigenvalue weighted by atomic mass is 32.2. The number of H-pyrrole nitrogens is 1. The lowest BCUT2D eigenvalue weighted by atomic mass is 10.6. The van der Waals surface area contributed by atoms with Crippen molar-refractivity contribution in [2.24, 2.45) is 5.84 Å². The number of anilines is 1. The van der Waals surface area contributed by atoms with Crippen LogP contribution in [-0.4, -0.2) is 29.9 Å².